The summed E-state index contributed by atoms with van der Waals surface area (Å²) in [4.78, 5) is 36.8. The van der Waals surface area contributed by atoms with E-state index in [1.54, 1.807) is 6.92 Å². The van der Waals surface area contributed by atoms with Crippen LogP contribution in [0, 0.1) is 0 Å². The van der Waals surface area contributed by atoms with Crippen molar-refractivity contribution in [2.24, 2.45) is 0 Å². The number of nitrogens with one attached hydrogen (secondary N) is 1. The molecule has 0 bridgehead atoms. The van der Waals surface area contributed by atoms with Crippen molar-refractivity contribution in [2.45, 2.75) is 51.9 Å². The molecule has 0 saturated carbocycles. The van der Waals surface area contributed by atoms with E-state index in [1.807, 2.05) is 6.07 Å². The quantitative estimate of drug-likeness (QED) is 0.434. The number of fused-ring (bicyclic) bond motifs is 1. The average molecular weight is 367 g/mol. The number of rotatable bonds is 8. The van der Waals surface area contributed by atoms with E-state index in [0.29, 0.717) is 24.4 Å². The molecule has 0 radical (unpaired) electrons. The number of carbonyl (C=O) groups is 3. The smallest absolute Gasteiger partial charge is 0.348 e. The Morgan fingerprint density at radius 1 is 1.16 bits per heavy atom. The van der Waals surface area contributed by atoms with Crippen molar-refractivity contribution >= 4 is 29.2 Å². The summed E-state index contributed by atoms with van der Waals surface area (Å²) in [5.41, 5.74) is 1.25. The van der Waals surface area contributed by atoms with Gasteiger partial charge in [-0.3, -0.25) is 9.59 Å². The van der Waals surface area contributed by atoms with Gasteiger partial charge >= 0.3 is 11.9 Å². The summed E-state index contributed by atoms with van der Waals surface area (Å²) in [6, 6.07) is 1.91. The van der Waals surface area contributed by atoms with Gasteiger partial charge in [0.25, 0.3) is 5.91 Å². The number of aryl methyl sites for hydroxylation is 2. The van der Waals surface area contributed by atoms with Crippen LogP contribution in [0.15, 0.2) is 6.07 Å². The zero-order valence-corrected chi connectivity index (χ0v) is 15.4. The summed E-state index contributed by atoms with van der Waals surface area (Å²) in [5.74, 6) is -1.09. The maximum absolute atomic E-state index is 12.1. The number of ether oxygens (including phenoxy) is 2. The molecule has 0 spiro atoms. The Kier molecular flexibility index (Phi) is 7.91. The average Bonchev–Trinajstić information content (AvgIpc) is 2.88. The number of amides is 1. The van der Waals surface area contributed by atoms with Gasteiger partial charge in [0.2, 0.25) is 0 Å². The van der Waals surface area contributed by atoms with Crippen LogP contribution in [-0.2, 0) is 31.9 Å². The van der Waals surface area contributed by atoms with Gasteiger partial charge in [0.05, 0.1) is 6.61 Å². The van der Waals surface area contributed by atoms with Gasteiger partial charge in [0.15, 0.2) is 6.61 Å². The van der Waals surface area contributed by atoms with Gasteiger partial charge in [-0.1, -0.05) is 6.42 Å². The largest absolute Gasteiger partial charge is 0.466 e. The van der Waals surface area contributed by atoms with Crippen LogP contribution < -0.4 is 5.32 Å². The summed E-state index contributed by atoms with van der Waals surface area (Å²) in [6.45, 7) is 2.15. The van der Waals surface area contributed by atoms with Crippen LogP contribution in [0.1, 0.15) is 59.1 Å². The highest BCUT2D eigenvalue weighted by atomic mass is 32.1. The lowest BCUT2D eigenvalue weighted by atomic mass is 10.1. The van der Waals surface area contributed by atoms with Gasteiger partial charge in [0, 0.05) is 17.8 Å². The number of esters is 2. The van der Waals surface area contributed by atoms with E-state index in [9.17, 15) is 14.4 Å². The van der Waals surface area contributed by atoms with Crippen LogP contribution in [0.25, 0.3) is 0 Å². The molecule has 1 amide bonds. The molecule has 2 rings (SSSR count). The van der Waals surface area contributed by atoms with Crippen molar-refractivity contribution in [3.63, 3.8) is 0 Å². The Labute approximate surface area is 151 Å². The van der Waals surface area contributed by atoms with Gasteiger partial charge < -0.3 is 14.8 Å². The first-order valence-corrected chi connectivity index (χ1v) is 9.62. The minimum atomic E-state index is -0.445. The molecule has 0 unspecified atom stereocenters. The highest BCUT2D eigenvalue weighted by Gasteiger charge is 2.18. The van der Waals surface area contributed by atoms with E-state index in [-0.39, 0.29) is 24.9 Å². The van der Waals surface area contributed by atoms with Gasteiger partial charge in [-0.05, 0) is 50.7 Å². The topological polar surface area (TPSA) is 81.7 Å². The number of hydrogen-bond acceptors (Lipinski definition) is 6. The normalized spacial score (nSPS) is 13.5. The fourth-order valence-electron chi connectivity index (χ4n) is 2.71. The van der Waals surface area contributed by atoms with Crippen LogP contribution in [0.3, 0.4) is 0 Å². The predicted molar refractivity (Wildman–Crippen MR) is 94.7 cm³/mol. The molecular formula is C18H25NO5S. The highest BCUT2D eigenvalue weighted by molar-refractivity contribution is 7.14. The van der Waals surface area contributed by atoms with Gasteiger partial charge in [-0.15, -0.1) is 11.3 Å². The highest BCUT2D eigenvalue weighted by Crippen LogP contribution is 2.29. The zero-order valence-electron chi connectivity index (χ0n) is 14.6. The van der Waals surface area contributed by atoms with Crippen molar-refractivity contribution < 1.29 is 23.9 Å². The van der Waals surface area contributed by atoms with Crippen LogP contribution in [-0.4, -0.2) is 37.6 Å². The predicted octanol–water partition coefficient (Wildman–Crippen LogP) is 2.63. The molecular weight excluding hydrogens is 342 g/mol. The lowest BCUT2D eigenvalue weighted by Gasteiger charge is -2.06. The molecule has 0 aromatic carbocycles. The van der Waals surface area contributed by atoms with Crippen LogP contribution >= 0.6 is 11.3 Å². The summed E-state index contributed by atoms with van der Waals surface area (Å²) in [6.07, 6.45) is 6.35. The van der Waals surface area contributed by atoms with Crippen molar-refractivity contribution in [3.05, 3.63) is 21.4 Å². The third-order valence-electron chi connectivity index (χ3n) is 3.97. The zero-order chi connectivity index (χ0) is 18.1. The Hall–Kier alpha value is -1.89. The molecule has 0 atom stereocenters. The molecule has 0 aliphatic heterocycles. The second-order valence-corrected chi connectivity index (χ2v) is 7.09. The number of hydrogen-bond donors (Lipinski definition) is 1. The lowest BCUT2D eigenvalue weighted by molar-refractivity contribution is -0.143. The molecule has 7 heteroatoms. The fourth-order valence-corrected chi connectivity index (χ4v) is 3.86. The molecule has 1 aromatic rings. The third kappa shape index (κ3) is 6.49. The number of carbonyl (C=O) groups excluding carboxylic acids is 3. The molecule has 1 aliphatic rings. The van der Waals surface area contributed by atoms with E-state index in [0.717, 1.165) is 25.7 Å². The Morgan fingerprint density at radius 3 is 2.76 bits per heavy atom. The third-order valence-corrected chi connectivity index (χ3v) is 5.18. The van der Waals surface area contributed by atoms with E-state index < -0.39 is 5.97 Å². The summed E-state index contributed by atoms with van der Waals surface area (Å²) in [7, 11) is 0. The molecule has 0 saturated heterocycles. The first-order chi connectivity index (χ1) is 12.1. The summed E-state index contributed by atoms with van der Waals surface area (Å²) >= 11 is 1.48. The Morgan fingerprint density at radius 2 is 1.96 bits per heavy atom. The minimum Gasteiger partial charge on any atom is -0.466 e. The maximum Gasteiger partial charge on any atom is 0.348 e. The molecule has 25 heavy (non-hydrogen) atoms. The number of thiophene rings is 1. The maximum atomic E-state index is 12.1. The van der Waals surface area contributed by atoms with Crippen LogP contribution in [0.4, 0.5) is 0 Å². The van der Waals surface area contributed by atoms with Gasteiger partial charge in [0.1, 0.15) is 4.88 Å². The van der Waals surface area contributed by atoms with Crippen molar-refractivity contribution in [1.29, 1.82) is 0 Å². The van der Waals surface area contributed by atoms with Gasteiger partial charge in [-0.25, -0.2) is 4.79 Å². The van der Waals surface area contributed by atoms with Gasteiger partial charge in [-0.2, -0.15) is 0 Å². The van der Waals surface area contributed by atoms with Crippen molar-refractivity contribution in [2.75, 3.05) is 19.8 Å². The lowest BCUT2D eigenvalue weighted by Crippen LogP contribution is -2.29. The molecule has 6 nitrogen and oxygen atoms in total. The monoisotopic (exact) mass is 367 g/mol. The van der Waals surface area contributed by atoms with E-state index in [2.05, 4.69) is 5.32 Å². The summed E-state index contributed by atoms with van der Waals surface area (Å²) in [5, 5.41) is 2.62. The van der Waals surface area contributed by atoms with Crippen LogP contribution in [0.5, 0.6) is 0 Å². The van der Waals surface area contributed by atoms with Crippen molar-refractivity contribution in [3.8, 4) is 0 Å². The summed E-state index contributed by atoms with van der Waals surface area (Å²) < 4.78 is 9.88. The van der Waals surface area contributed by atoms with E-state index >= 15 is 0 Å². The second-order valence-electron chi connectivity index (χ2n) is 5.95. The second kappa shape index (κ2) is 10.2. The van der Waals surface area contributed by atoms with Crippen molar-refractivity contribution in [1.82, 2.24) is 5.32 Å². The molecule has 1 aliphatic carbocycles. The standard InChI is InChI=1S/C18H25NO5S/c1-2-23-17(21)9-6-10-19-16(20)12-24-18(22)15-11-13-7-4-3-5-8-14(13)25-15/h11H,2-10,12H2,1H3,(H,19,20). The molecule has 0 fully saturated rings. The molecule has 1 heterocycles. The van der Waals surface area contributed by atoms with E-state index in [1.165, 1.54) is 28.2 Å². The minimum absolute atomic E-state index is 0.259. The first kappa shape index (κ1) is 19.4. The fraction of sp³-hybridized carbons (Fsp3) is 0.611. The Bertz CT molecular complexity index is 587. The molecule has 1 N–H and O–H groups in total. The molecule has 138 valence electrons. The molecule has 1 aromatic heterocycles. The van der Waals surface area contributed by atoms with E-state index in [4.69, 9.17) is 9.47 Å². The van der Waals surface area contributed by atoms with Crippen LogP contribution in [0.2, 0.25) is 0 Å². The first-order valence-electron chi connectivity index (χ1n) is 8.81. The SMILES string of the molecule is CCOC(=O)CCCNC(=O)COC(=O)c1cc2c(s1)CCCCC2. The Balaban J connectivity index is 1.67.